The van der Waals surface area contributed by atoms with Crippen molar-refractivity contribution in [1.29, 1.82) is 0 Å². The standard InChI is InChI=1S/C16H24N2O2/c1-11(9-13-5-4-6-13)17-14-7-8-15(18-12(2)19)16(10-14)20-3/h7-8,10-11,13,17H,4-6,9H2,1-3H3,(H,18,19). The van der Waals surface area contributed by atoms with Crippen molar-refractivity contribution in [3.63, 3.8) is 0 Å². The van der Waals surface area contributed by atoms with E-state index in [9.17, 15) is 4.79 Å². The monoisotopic (exact) mass is 276 g/mol. The molecular weight excluding hydrogens is 252 g/mol. The summed E-state index contributed by atoms with van der Waals surface area (Å²) in [4.78, 5) is 11.1. The molecule has 0 aliphatic heterocycles. The number of anilines is 2. The van der Waals surface area contributed by atoms with Crippen molar-refractivity contribution in [2.75, 3.05) is 17.7 Å². The molecule has 2 N–H and O–H groups in total. The molecule has 1 amide bonds. The first kappa shape index (κ1) is 14.7. The van der Waals surface area contributed by atoms with Gasteiger partial charge in [-0.1, -0.05) is 19.3 Å². The lowest BCUT2D eigenvalue weighted by Gasteiger charge is -2.29. The van der Waals surface area contributed by atoms with Crippen molar-refractivity contribution in [2.24, 2.45) is 5.92 Å². The van der Waals surface area contributed by atoms with Gasteiger partial charge in [0.25, 0.3) is 0 Å². The van der Waals surface area contributed by atoms with E-state index in [4.69, 9.17) is 4.74 Å². The molecule has 0 bridgehead atoms. The number of amides is 1. The number of carbonyl (C=O) groups is 1. The van der Waals surface area contributed by atoms with E-state index in [0.29, 0.717) is 17.5 Å². The summed E-state index contributed by atoms with van der Waals surface area (Å²) >= 11 is 0. The van der Waals surface area contributed by atoms with Crippen molar-refractivity contribution in [3.05, 3.63) is 18.2 Å². The predicted octanol–water partition coefficient (Wildman–Crippen LogP) is 3.64. The Balaban J connectivity index is 1.98. The molecule has 20 heavy (non-hydrogen) atoms. The number of hydrogen-bond donors (Lipinski definition) is 2. The largest absolute Gasteiger partial charge is 0.494 e. The molecule has 4 nitrogen and oxygen atoms in total. The minimum Gasteiger partial charge on any atom is -0.494 e. The highest BCUT2D eigenvalue weighted by atomic mass is 16.5. The molecule has 1 saturated carbocycles. The minimum absolute atomic E-state index is 0.0950. The summed E-state index contributed by atoms with van der Waals surface area (Å²) in [5.74, 6) is 1.47. The highest BCUT2D eigenvalue weighted by Gasteiger charge is 2.20. The molecule has 1 atom stereocenters. The quantitative estimate of drug-likeness (QED) is 0.834. The third kappa shape index (κ3) is 3.89. The molecule has 0 radical (unpaired) electrons. The number of hydrogen-bond acceptors (Lipinski definition) is 3. The van der Waals surface area contributed by atoms with Crippen LogP contribution in [0.3, 0.4) is 0 Å². The van der Waals surface area contributed by atoms with Crippen LogP contribution < -0.4 is 15.4 Å². The highest BCUT2D eigenvalue weighted by molar-refractivity contribution is 5.90. The van der Waals surface area contributed by atoms with Crippen LogP contribution in [0.15, 0.2) is 18.2 Å². The Morgan fingerprint density at radius 1 is 1.45 bits per heavy atom. The first-order valence-electron chi connectivity index (χ1n) is 7.30. The molecule has 110 valence electrons. The summed E-state index contributed by atoms with van der Waals surface area (Å²) < 4.78 is 5.33. The Kier molecular flexibility index (Phi) is 4.88. The molecule has 1 aromatic rings. The molecule has 1 unspecified atom stereocenters. The molecule has 0 spiro atoms. The van der Waals surface area contributed by atoms with Crippen LogP contribution in [0.4, 0.5) is 11.4 Å². The number of carbonyl (C=O) groups excluding carboxylic acids is 1. The van der Waals surface area contributed by atoms with Gasteiger partial charge in [0.2, 0.25) is 5.91 Å². The van der Waals surface area contributed by atoms with Crippen molar-refractivity contribution in [3.8, 4) is 5.75 Å². The van der Waals surface area contributed by atoms with Gasteiger partial charge in [0, 0.05) is 24.7 Å². The molecular formula is C16H24N2O2. The van der Waals surface area contributed by atoms with Gasteiger partial charge in [-0.15, -0.1) is 0 Å². The van der Waals surface area contributed by atoms with Crippen LogP contribution in [-0.4, -0.2) is 19.1 Å². The van der Waals surface area contributed by atoms with Crippen LogP contribution in [0, 0.1) is 5.92 Å². The van der Waals surface area contributed by atoms with Gasteiger partial charge in [-0.05, 0) is 31.4 Å². The Hall–Kier alpha value is -1.71. The minimum atomic E-state index is -0.0950. The first-order chi connectivity index (χ1) is 9.58. The zero-order valence-electron chi connectivity index (χ0n) is 12.5. The molecule has 4 heteroatoms. The maximum absolute atomic E-state index is 11.1. The number of benzene rings is 1. The fourth-order valence-corrected chi connectivity index (χ4v) is 2.65. The Morgan fingerprint density at radius 3 is 2.75 bits per heavy atom. The first-order valence-corrected chi connectivity index (χ1v) is 7.30. The average molecular weight is 276 g/mol. The van der Waals surface area contributed by atoms with Crippen LogP contribution in [-0.2, 0) is 4.79 Å². The molecule has 0 heterocycles. The number of rotatable bonds is 6. The summed E-state index contributed by atoms with van der Waals surface area (Å²) in [6, 6.07) is 6.24. The van der Waals surface area contributed by atoms with Gasteiger partial charge in [0.05, 0.1) is 12.8 Å². The normalized spacial score (nSPS) is 16.1. The fourth-order valence-electron chi connectivity index (χ4n) is 2.65. The second kappa shape index (κ2) is 6.64. The molecule has 2 rings (SSSR count). The lowest BCUT2D eigenvalue weighted by molar-refractivity contribution is -0.114. The predicted molar refractivity (Wildman–Crippen MR) is 82.3 cm³/mol. The number of ether oxygens (including phenoxy) is 1. The van der Waals surface area contributed by atoms with Crippen LogP contribution in [0.2, 0.25) is 0 Å². The van der Waals surface area contributed by atoms with Crippen LogP contribution in [0.1, 0.15) is 39.5 Å². The van der Waals surface area contributed by atoms with Crippen molar-refractivity contribution in [1.82, 2.24) is 0 Å². The van der Waals surface area contributed by atoms with Gasteiger partial charge in [0.15, 0.2) is 0 Å². The van der Waals surface area contributed by atoms with Crippen molar-refractivity contribution >= 4 is 17.3 Å². The van der Waals surface area contributed by atoms with E-state index in [0.717, 1.165) is 11.6 Å². The summed E-state index contributed by atoms with van der Waals surface area (Å²) in [7, 11) is 1.61. The smallest absolute Gasteiger partial charge is 0.221 e. The summed E-state index contributed by atoms with van der Waals surface area (Å²) in [5.41, 5.74) is 1.74. The highest BCUT2D eigenvalue weighted by Crippen LogP contribution is 2.32. The lowest BCUT2D eigenvalue weighted by Crippen LogP contribution is -2.23. The van der Waals surface area contributed by atoms with Gasteiger partial charge in [-0.2, -0.15) is 0 Å². The van der Waals surface area contributed by atoms with Gasteiger partial charge >= 0.3 is 0 Å². The number of methoxy groups -OCH3 is 1. The Bertz CT molecular complexity index is 470. The van der Waals surface area contributed by atoms with E-state index in [2.05, 4.69) is 17.6 Å². The van der Waals surface area contributed by atoms with Crippen LogP contribution >= 0.6 is 0 Å². The zero-order valence-corrected chi connectivity index (χ0v) is 12.5. The third-order valence-electron chi connectivity index (χ3n) is 3.84. The molecule has 1 fully saturated rings. The van der Waals surface area contributed by atoms with Crippen LogP contribution in [0.25, 0.3) is 0 Å². The molecule has 0 saturated heterocycles. The van der Waals surface area contributed by atoms with E-state index in [-0.39, 0.29) is 5.91 Å². The maximum atomic E-state index is 11.1. The van der Waals surface area contributed by atoms with E-state index >= 15 is 0 Å². The van der Waals surface area contributed by atoms with Crippen molar-refractivity contribution in [2.45, 2.75) is 45.6 Å². The lowest BCUT2D eigenvalue weighted by atomic mass is 9.81. The van der Waals surface area contributed by atoms with Gasteiger partial charge in [-0.3, -0.25) is 4.79 Å². The molecule has 0 aromatic heterocycles. The Labute approximate surface area is 120 Å². The second-order valence-corrected chi connectivity index (χ2v) is 5.67. The van der Waals surface area contributed by atoms with E-state index in [1.54, 1.807) is 7.11 Å². The second-order valence-electron chi connectivity index (χ2n) is 5.67. The number of nitrogens with one attached hydrogen (secondary N) is 2. The average Bonchev–Trinajstić information content (AvgIpc) is 2.35. The van der Waals surface area contributed by atoms with Crippen molar-refractivity contribution < 1.29 is 9.53 Å². The van der Waals surface area contributed by atoms with Gasteiger partial charge in [-0.25, -0.2) is 0 Å². The SMILES string of the molecule is COc1cc(NC(C)CC2CCC2)ccc1NC(C)=O. The van der Waals surface area contributed by atoms with E-state index in [1.165, 1.54) is 32.6 Å². The maximum Gasteiger partial charge on any atom is 0.221 e. The summed E-state index contributed by atoms with van der Waals surface area (Å²) in [6.45, 7) is 3.71. The van der Waals surface area contributed by atoms with Gasteiger partial charge in [0.1, 0.15) is 5.75 Å². The Morgan fingerprint density at radius 2 is 2.20 bits per heavy atom. The summed E-state index contributed by atoms with van der Waals surface area (Å²) in [6.07, 6.45) is 5.35. The molecule has 1 aliphatic carbocycles. The van der Waals surface area contributed by atoms with E-state index < -0.39 is 0 Å². The van der Waals surface area contributed by atoms with Crippen LogP contribution in [0.5, 0.6) is 5.75 Å². The van der Waals surface area contributed by atoms with Gasteiger partial charge < -0.3 is 15.4 Å². The summed E-state index contributed by atoms with van der Waals surface area (Å²) in [5, 5.41) is 6.27. The third-order valence-corrected chi connectivity index (χ3v) is 3.84. The zero-order chi connectivity index (χ0) is 14.5. The topological polar surface area (TPSA) is 50.4 Å². The molecule has 1 aliphatic rings. The molecule has 1 aromatic carbocycles. The fraction of sp³-hybridized carbons (Fsp3) is 0.562. The van der Waals surface area contributed by atoms with E-state index in [1.807, 2.05) is 18.2 Å².